The van der Waals surface area contributed by atoms with Gasteiger partial charge in [0.25, 0.3) is 0 Å². The molecule has 0 radical (unpaired) electrons. The molecule has 0 spiro atoms. The van der Waals surface area contributed by atoms with Crippen molar-refractivity contribution < 1.29 is 18.3 Å². The third-order valence-electron chi connectivity index (χ3n) is 2.35. The van der Waals surface area contributed by atoms with E-state index in [1.165, 1.54) is 0 Å². The van der Waals surface area contributed by atoms with Crippen molar-refractivity contribution in [3.63, 3.8) is 0 Å². The van der Waals surface area contributed by atoms with Crippen LogP contribution in [0.25, 0.3) is 0 Å². The van der Waals surface area contributed by atoms with E-state index >= 15 is 0 Å². The Hall–Kier alpha value is -0.380. The van der Waals surface area contributed by atoms with Gasteiger partial charge in [0.15, 0.2) is 5.85 Å². The lowest BCUT2D eigenvalue weighted by Crippen LogP contribution is -2.19. The van der Waals surface area contributed by atoms with Crippen molar-refractivity contribution in [2.75, 3.05) is 25.7 Å². The van der Waals surface area contributed by atoms with Gasteiger partial charge in [-0.15, -0.1) is 11.6 Å². The first-order chi connectivity index (χ1) is 8.26. The molecule has 2 unspecified atom stereocenters. The van der Waals surface area contributed by atoms with Crippen molar-refractivity contribution in [1.82, 2.24) is 0 Å². The molecule has 2 atom stereocenters. The lowest BCUT2D eigenvalue weighted by Gasteiger charge is -2.31. The molecule has 0 aromatic heterocycles. The van der Waals surface area contributed by atoms with Crippen LogP contribution >= 0.6 is 19.2 Å². The van der Waals surface area contributed by atoms with Crippen LogP contribution in [0.5, 0.6) is 0 Å². The highest BCUT2D eigenvalue weighted by atomic mass is 35.5. The summed E-state index contributed by atoms with van der Waals surface area (Å²) in [6.45, 7) is 0.877. The number of alkyl halides is 1. The number of hydrogen-bond donors (Lipinski definition) is 0. The summed E-state index contributed by atoms with van der Waals surface area (Å²) in [4.78, 5) is 0. The van der Waals surface area contributed by atoms with Gasteiger partial charge in [-0.25, -0.2) is 0 Å². The van der Waals surface area contributed by atoms with E-state index in [0.29, 0.717) is 6.61 Å². The first kappa shape index (κ1) is 13.1. The van der Waals surface area contributed by atoms with Crippen LogP contribution in [0, 0.1) is 0 Å². The van der Waals surface area contributed by atoms with Crippen LogP contribution in [0.1, 0.15) is 11.4 Å². The van der Waals surface area contributed by atoms with Crippen LogP contribution in [0.2, 0.25) is 0 Å². The minimum absolute atomic E-state index is 0.186. The van der Waals surface area contributed by atoms with Gasteiger partial charge in [0.2, 0.25) is 0 Å². The fourth-order valence-electron chi connectivity index (χ4n) is 1.65. The van der Waals surface area contributed by atoms with E-state index < -0.39 is 13.4 Å². The van der Waals surface area contributed by atoms with E-state index in [0.717, 1.165) is 5.56 Å². The highest BCUT2D eigenvalue weighted by molar-refractivity contribution is 7.54. The zero-order valence-corrected chi connectivity index (χ0v) is 10.9. The maximum Gasteiger partial charge on any atom is 0.363 e. The van der Waals surface area contributed by atoms with E-state index in [-0.39, 0.29) is 19.1 Å². The highest BCUT2D eigenvalue weighted by Crippen LogP contribution is 2.63. The molecule has 1 aromatic carbocycles. The van der Waals surface area contributed by atoms with E-state index in [9.17, 15) is 4.57 Å². The topological polar surface area (TPSA) is 44.8 Å². The fourth-order valence-corrected chi connectivity index (χ4v) is 3.68. The molecule has 1 fully saturated rings. The van der Waals surface area contributed by atoms with Crippen LogP contribution in [0.3, 0.4) is 0 Å². The Balaban J connectivity index is 2.20. The van der Waals surface area contributed by atoms with Crippen LogP contribution in [-0.2, 0) is 18.3 Å². The Kier molecular flexibility index (Phi) is 4.60. The first-order valence-electron chi connectivity index (χ1n) is 5.37. The van der Waals surface area contributed by atoms with E-state index in [1.54, 1.807) is 0 Å². The molecule has 1 saturated heterocycles. The maximum atomic E-state index is 12.5. The van der Waals surface area contributed by atoms with Crippen LogP contribution in [-0.4, -0.2) is 25.7 Å². The molecule has 0 saturated carbocycles. The fraction of sp³-hybridized carbons (Fsp3) is 0.455. The van der Waals surface area contributed by atoms with Crippen LogP contribution < -0.4 is 0 Å². The van der Waals surface area contributed by atoms with Crippen molar-refractivity contribution in [3.05, 3.63) is 35.9 Å². The van der Waals surface area contributed by atoms with Gasteiger partial charge < -0.3 is 13.8 Å². The van der Waals surface area contributed by atoms with Gasteiger partial charge in [0, 0.05) is 5.88 Å². The Morgan fingerprint density at radius 3 is 2.82 bits per heavy atom. The number of benzene rings is 1. The molecule has 1 aromatic rings. The molecule has 6 heteroatoms. The molecule has 2 rings (SSSR count). The summed E-state index contributed by atoms with van der Waals surface area (Å²) in [7, 11) is -3.27. The molecule has 1 heterocycles. The van der Waals surface area contributed by atoms with Crippen LogP contribution in [0.4, 0.5) is 0 Å². The second kappa shape index (κ2) is 5.98. The molecule has 0 aliphatic carbocycles. The predicted molar refractivity (Wildman–Crippen MR) is 65.4 cm³/mol. The Morgan fingerprint density at radius 2 is 2.12 bits per heavy atom. The molecule has 1 aliphatic rings. The first-order valence-corrected chi connectivity index (χ1v) is 7.52. The summed E-state index contributed by atoms with van der Waals surface area (Å²) in [5.74, 6) is -0.379. The van der Waals surface area contributed by atoms with Gasteiger partial charge in [-0.05, 0) is 5.56 Å². The Labute approximate surface area is 105 Å². The second-order valence-corrected chi connectivity index (χ2v) is 5.97. The van der Waals surface area contributed by atoms with Crippen molar-refractivity contribution in [1.29, 1.82) is 0 Å². The van der Waals surface area contributed by atoms with Crippen molar-refractivity contribution in [2.45, 2.75) is 5.85 Å². The highest BCUT2D eigenvalue weighted by Gasteiger charge is 2.41. The molecule has 94 valence electrons. The lowest BCUT2D eigenvalue weighted by atomic mass is 10.2. The summed E-state index contributed by atoms with van der Waals surface area (Å²) < 4.78 is 28.6. The van der Waals surface area contributed by atoms with Gasteiger partial charge in [-0.1, -0.05) is 30.3 Å². The molecule has 17 heavy (non-hydrogen) atoms. The maximum absolute atomic E-state index is 12.5. The van der Waals surface area contributed by atoms with Gasteiger partial charge in [-0.3, -0.25) is 4.57 Å². The summed E-state index contributed by atoms with van der Waals surface area (Å²) in [5.41, 5.74) is 0.796. The number of hydrogen-bond acceptors (Lipinski definition) is 4. The molecule has 0 amide bonds. The molecule has 1 aliphatic heterocycles. The Morgan fingerprint density at radius 1 is 1.35 bits per heavy atom. The van der Waals surface area contributed by atoms with Crippen LogP contribution in [0.15, 0.2) is 30.3 Å². The average molecular weight is 277 g/mol. The third kappa shape index (κ3) is 3.09. The van der Waals surface area contributed by atoms with Crippen molar-refractivity contribution in [3.8, 4) is 0 Å². The smallest absolute Gasteiger partial charge is 0.358 e. The quantitative estimate of drug-likeness (QED) is 0.626. The minimum Gasteiger partial charge on any atom is -0.358 e. The minimum atomic E-state index is -3.27. The standard InChI is InChI=1S/C11H14ClO4P/c12-6-7-15-17(13)11(14-8-9-16-17)10-4-2-1-3-5-10/h1-5,11H,6-9H2. The second-order valence-electron chi connectivity index (χ2n) is 3.53. The van der Waals surface area contributed by atoms with Gasteiger partial charge in [0.1, 0.15) is 0 Å². The van der Waals surface area contributed by atoms with Gasteiger partial charge in [-0.2, -0.15) is 0 Å². The SMILES string of the molecule is O=P1(OCCCl)OCCOC1c1ccccc1. The average Bonchev–Trinajstić information content (AvgIpc) is 2.38. The molecule has 0 bridgehead atoms. The predicted octanol–water partition coefficient (Wildman–Crippen LogP) is 3.18. The van der Waals surface area contributed by atoms with Gasteiger partial charge in [0.05, 0.1) is 19.8 Å². The largest absolute Gasteiger partial charge is 0.363 e. The van der Waals surface area contributed by atoms with E-state index in [4.69, 9.17) is 25.4 Å². The van der Waals surface area contributed by atoms with E-state index in [1.807, 2.05) is 30.3 Å². The molecule has 4 nitrogen and oxygen atoms in total. The number of halogens is 1. The summed E-state index contributed by atoms with van der Waals surface area (Å²) in [5, 5.41) is 0. The summed E-state index contributed by atoms with van der Waals surface area (Å²) in [6.07, 6.45) is 0. The van der Waals surface area contributed by atoms with Crippen molar-refractivity contribution in [2.24, 2.45) is 0 Å². The normalized spacial score (nSPS) is 29.1. The Bertz CT molecular complexity index is 398. The molecular weight excluding hydrogens is 263 g/mol. The monoisotopic (exact) mass is 276 g/mol. The zero-order chi connectivity index (χ0) is 12.1. The zero-order valence-electron chi connectivity index (χ0n) is 9.25. The number of ether oxygens (including phenoxy) is 1. The lowest BCUT2D eigenvalue weighted by molar-refractivity contribution is 0.0109. The number of rotatable bonds is 4. The summed E-state index contributed by atoms with van der Waals surface area (Å²) >= 11 is 5.53. The molecular formula is C11H14ClO4P. The van der Waals surface area contributed by atoms with E-state index in [2.05, 4.69) is 0 Å². The molecule has 0 N–H and O–H groups in total. The van der Waals surface area contributed by atoms with Crippen molar-refractivity contribution >= 4 is 19.2 Å². The third-order valence-corrected chi connectivity index (χ3v) is 4.61. The van der Waals surface area contributed by atoms with Gasteiger partial charge >= 0.3 is 7.60 Å². The summed E-state index contributed by atoms with van der Waals surface area (Å²) in [6, 6.07) is 9.29.